The second kappa shape index (κ2) is 12.3. The van der Waals surface area contributed by atoms with Crippen molar-refractivity contribution in [1.82, 2.24) is 24.1 Å². The Morgan fingerprint density at radius 1 is 0.368 bits per heavy atom. The molecule has 57 heavy (non-hydrogen) atoms. The van der Waals surface area contributed by atoms with Crippen LogP contribution in [0.4, 0.5) is 0 Å². The molecule has 0 radical (unpaired) electrons. The van der Waals surface area contributed by atoms with Gasteiger partial charge in [0.1, 0.15) is 11.2 Å². The van der Waals surface area contributed by atoms with Crippen LogP contribution >= 0.6 is 0 Å². The van der Waals surface area contributed by atoms with Crippen molar-refractivity contribution in [2.45, 2.75) is 0 Å². The van der Waals surface area contributed by atoms with Crippen molar-refractivity contribution in [3.63, 3.8) is 0 Å². The van der Waals surface area contributed by atoms with Crippen molar-refractivity contribution in [2.24, 2.45) is 0 Å². The van der Waals surface area contributed by atoms with Crippen molar-refractivity contribution in [2.75, 3.05) is 0 Å². The van der Waals surface area contributed by atoms with Gasteiger partial charge in [0, 0.05) is 43.9 Å². The molecule has 4 aromatic heterocycles. The number of nitrogens with zero attached hydrogens (tertiary/aromatic N) is 5. The summed E-state index contributed by atoms with van der Waals surface area (Å²) >= 11 is 0. The summed E-state index contributed by atoms with van der Waals surface area (Å²) in [5.41, 5.74) is 10.9. The molecule has 0 spiro atoms. The predicted octanol–water partition coefficient (Wildman–Crippen LogP) is 13.0. The molecule has 0 aliphatic heterocycles. The lowest BCUT2D eigenvalue weighted by atomic mass is 10.0. The summed E-state index contributed by atoms with van der Waals surface area (Å²) < 4.78 is 11.7. The summed E-state index contributed by atoms with van der Waals surface area (Å²) in [6.07, 6.45) is 0. The van der Waals surface area contributed by atoms with Gasteiger partial charge in [-0.2, -0.15) is 0 Å². The van der Waals surface area contributed by atoms with E-state index in [0.29, 0.717) is 17.5 Å². The summed E-state index contributed by atoms with van der Waals surface area (Å²) in [6.45, 7) is 0. The molecule has 12 rings (SSSR count). The van der Waals surface area contributed by atoms with Gasteiger partial charge >= 0.3 is 0 Å². The number of rotatable bonds is 5. The molecular formula is C51H31N5O. The first-order chi connectivity index (χ1) is 28.3. The molecule has 0 aliphatic rings. The molecule has 12 aromatic rings. The van der Waals surface area contributed by atoms with Crippen LogP contribution in [0.2, 0.25) is 0 Å². The maximum Gasteiger partial charge on any atom is 0.166 e. The molecule has 0 aliphatic carbocycles. The Bertz CT molecular complexity index is 3400. The first kappa shape index (κ1) is 31.5. The molecule has 0 amide bonds. The fourth-order valence-corrected chi connectivity index (χ4v) is 8.74. The van der Waals surface area contributed by atoms with Crippen LogP contribution in [0.15, 0.2) is 192 Å². The third-order valence-electron chi connectivity index (χ3n) is 11.2. The Balaban J connectivity index is 1.18. The largest absolute Gasteiger partial charge is 0.455 e. The molecule has 6 nitrogen and oxygen atoms in total. The van der Waals surface area contributed by atoms with Crippen LogP contribution in [0.25, 0.3) is 111 Å². The highest BCUT2D eigenvalue weighted by Crippen LogP contribution is 2.45. The van der Waals surface area contributed by atoms with Gasteiger partial charge < -0.3 is 13.6 Å². The number of fused-ring (bicyclic) bond motifs is 10. The fourth-order valence-electron chi connectivity index (χ4n) is 8.74. The van der Waals surface area contributed by atoms with Crippen molar-refractivity contribution in [3.8, 4) is 45.5 Å². The highest BCUT2D eigenvalue weighted by atomic mass is 16.3. The number of hydrogen-bond acceptors (Lipinski definition) is 4. The van der Waals surface area contributed by atoms with E-state index in [1.54, 1.807) is 0 Å². The second-order valence-corrected chi connectivity index (χ2v) is 14.4. The maximum atomic E-state index is 7.02. The van der Waals surface area contributed by atoms with Gasteiger partial charge in [-0.1, -0.05) is 133 Å². The number of hydrogen-bond donors (Lipinski definition) is 0. The van der Waals surface area contributed by atoms with Crippen LogP contribution in [-0.2, 0) is 0 Å². The zero-order valence-electron chi connectivity index (χ0n) is 30.5. The Hall–Kier alpha value is -7.83. The van der Waals surface area contributed by atoms with E-state index in [9.17, 15) is 0 Å². The molecule has 0 saturated carbocycles. The Morgan fingerprint density at radius 2 is 0.930 bits per heavy atom. The minimum absolute atomic E-state index is 0.600. The van der Waals surface area contributed by atoms with E-state index in [1.165, 1.54) is 10.8 Å². The molecule has 4 heterocycles. The normalized spacial score (nSPS) is 11.9. The Morgan fingerprint density at radius 3 is 1.60 bits per heavy atom. The van der Waals surface area contributed by atoms with E-state index in [2.05, 4.69) is 137 Å². The van der Waals surface area contributed by atoms with E-state index in [4.69, 9.17) is 19.4 Å². The van der Waals surface area contributed by atoms with Gasteiger partial charge in [0.05, 0.1) is 38.5 Å². The highest BCUT2D eigenvalue weighted by Gasteiger charge is 2.24. The molecule has 0 bridgehead atoms. The molecule has 6 heteroatoms. The molecule has 8 aromatic carbocycles. The second-order valence-electron chi connectivity index (χ2n) is 14.4. The third-order valence-corrected chi connectivity index (χ3v) is 11.2. The molecule has 266 valence electrons. The fraction of sp³-hybridized carbons (Fsp3) is 0. The van der Waals surface area contributed by atoms with Crippen LogP contribution in [0, 0.1) is 0 Å². The van der Waals surface area contributed by atoms with Crippen LogP contribution in [0.1, 0.15) is 0 Å². The van der Waals surface area contributed by atoms with E-state index < -0.39 is 0 Å². The van der Waals surface area contributed by atoms with Crippen molar-refractivity contribution in [3.05, 3.63) is 188 Å². The lowest BCUT2D eigenvalue weighted by molar-refractivity contribution is 0.673. The smallest absolute Gasteiger partial charge is 0.166 e. The molecule has 0 fully saturated rings. The van der Waals surface area contributed by atoms with E-state index in [-0.39, 0.29) is 0 Å². The average Bonchev–Trinajstić information content (AvgIpc) is 3.95. The molecule has 0 saturated heterocycles. The lowest BCUT2D eigenvalue weighted by Gasteiger charge is -2.12. The van der Waals surface area contributed by atoms with E-state index in [0.717, 1.165) is 82.8 Å². The molecular weight excluding hydrogens is 699 g/mol. The number of furan rings is 1. The van der Waals surface area contributed by atoms with Gasteiger partial charge in [0.15, 0.2) is 17.5 Å². The van der Waals surface area contributed by atoms with Crippen LogP contribution in [0.3, 0.4) is 0 Å². The minimum atomic E-state index is 0.600. The number of para-hydroxylation sites is 4. The summed E-state index contributed by atoms with van der Waals surface area (Å²) in [7, 11) is 0. The summed E-state index contributed by atoms with van der Waals surface area (Å²) in [5.74, 6) is 1.84. The SMILES string of the molecule is c1ccc(-c2nc(-c3ccccc3)nc(-c3cccc4c5c6oc7cccc(-n8c9ccccc9c9ccccc98)c7c6ccc5n(-c5ccccc5)c34)n2)cc1. The highest BCUT2D eigenvalue weighted by molar-refractivity contribution is 6.26. The van der Waals surface area contributed by atoms with Crippen molar-refractivity contribution >= 4 is 65.6 Å². The summed E-state index contributed by atoms with van der Waals surface area (Å²) in [6, 6.07) is 65.3. The van der Waals surface area contributed by atoms with Crippen molar-refractivity contribution < 1.29 is 4.42 Å². The summed E-state index contributed by atoms with van der Waals surface area (Å²) in [4.78, 5) is 15.3. The lowest BCUT2D eigenvalue weighted by Crippen LogP contribution is -2.02. The number of benzene rings is 8. The topological polar surface area (TPSA) is 61.7 Å². The first-order valence-electron chi connectivity index (χ1n) is 19.1. The van der Waals surface area contributed by atoms with Crippen LogP contribution < -0.4 is 0 Å². The quantitative estimate of drug-likeness (QED) is 0.177. The number of aromatic nitrogens is 5. The first-order valence-corrected chi connectivity index (χ1v) is 19.1. The molecule has 0 unspecified atom stereocenters. The van der Waals surface area contributed by atoms with E-state index >= 15 is 0 Å². The van der Waals surface area contributed by atoms with Gasteiger partial charge in [-0.05, 0) is 54.6 Å². The van der Waals surface area contributed by atoms with Gasteiger partial charge in [0.25, 0.3) is 0 Å². The van der Waals surface area contributed by atoms with Crippen LogP contribution in [0.5, 0.6) is 0 Å². The monoisotopic (exact) mass is 729 g/mol. The maximum absolute atomic E-state index is 7.02. The zero-order valence-corrected chi connectivity index (χ0v) is 30.5. The zero-order chi connectivity index (χ0) is 37.5. The van der Waals surface area contributed by atoms with Crippen molar-refractivity contribution in [1.29, 1.82) is 0 Å². The predicted molar refractivity (Wildman–Crippen MR) is 232 cm³/mol. The Labute approximate surface area is 326 Å². The van der Waals surface area contributed by atoms with Gasteiger partial charge in [-0.25, -0.2) is 15.0 Å². The van der Waals surface area contributed by atoms with E-state index in [1.807, 2.05) is 60.7 Å². The standard InChI is InChI=1S/C51H31N5O/c1-4-16-32(17-5-1)49-52-50(33-18-6-2-7-19-33)54-51(53-49)39-25-14-24-37-46-43(55(47(37)39)34-20-8-3-9-21-34)31-30-38-45-42(28-15-29-44(45)57-48(38)46)56-40-26-12-10-22-35(40)36-23-11-13-27-41(36)56/h1-31H. The minimum Gasteiger partial charge on any atom is -0.455 e. The van der Waals surface area contributed by atoms with Gasteiger partial charge in [-0.3, -0.25) is 0 Å². The third kappa shape index (κ3) is 4.74. The van der Waals surface area contributed by atoms with Crippen LogP contribution in [-0.4, -0.2) is 24.1 Å². The van der Waals surface area contributed by atoms with Gasteiger partial charge in [0.2, 0.25) is 0 Å². The molecule has 0 N–H and O–H groups in total. The average molecular weight is 730 g/mol. The molecule has 0 atom stereocenters. The van der Waals surface area contributed by atoms with Gasteiger partial charge in [-0.15, -0.1) is 0 Å². The summed E-state index contributed by atoms with van der Waals surface area (Å²) in [5, 5.41) is 6.68. The Kier molecular flexibility index (Phi) is 6.83.